The van der Waals surface area contributed by atoms with Gasteiger partial charge in [0.15, 0.2) is 5.79 Å². The third-order valence-corrected chi connectivity index (χ3v) is 2.90. The van der Waals surface area contributed by atoms with Crippen LogP contribution in [0.4, 0.5) is 0 Å². The van der Waals surface area contributed by atoms with E-state index in [1.807, 2.05) is 6.92 Å². The molecule has 1 N–H and O–H groups in total. The van der Waals surface area contributed by atoms with Crippen LogP contribution in [-0.2, 0) is 9.47 Å². The molecule has 0 aliphatic rings. The van der Waals surface area contributed by atoms with Crippen LogP contribution in [0.3, 0.4) is 0 Å². The lowest BCUT2D eigenvalue weighted by atomic mass is 10.1. The van der Waals surface area contributed by atoms with Gasteiger partial charge >= 0.3 is 0 Å². The summed E-state index contributed by atoms with van der Waals surface area (Å²) in [5.41, 5.74) is 0. The first-order chi connectivity index (χ1) is 7.18. The molecule has 0 aromatic heterocycles. The second kappa shape index (κ2) is 9.13. The Morgan fingerprint density at radius 2 is 1.33 bits per heavy atom. The summed E-state index contributed by atoms with van der Waals surface area (Å²) in [7, 11) is 3.37. The van der Waals surface area contributed by atoms with Gasteiger partial charge in [0.2, 0.25) is 0 Å². The van der Waals surface area contributed by atoms with Gasteiger partial charge in [0.25, 0.3) is 0 Å². The summed E-state index contributed by atoms with van der Waals surface area (Å²) in [4.78, 5) is 0. The zero-order valence-corrected chi connectivity index (χ0v) is 10.4. The van der Waals surface area contributed by atoms with E-state index in [4.69, 9.17) is 14.6 Å². The van der Waals surface area contributed by atoms with Crippen molar-refractivity contribution < 1.29 is 14.6 Å². The van der Waals surface area contributed by atoms with Crippen molar-refractivity contribution >= 4 is 0 Å². The normalized spacial score (nSPS) is 12.0. The summed E-state index contributed by atoms with van der Waals surface area (Å²) in [5, 5.41) is 8.61. The SMILES string of the molecule is COC(C)(CCCCCCCCO)OC. The standard InChI is InChI=1S/C12H26O3/c1-12(14-2,15-3)10-8-6-4-5-7-9-11-13/h13H,4-11H2,1-3H3. The number of methoxy groups -OCH3 is 2. The summed E-state index contributed by atoms with van der Waals surface area (Å²) in [5.74, 6) is -0.412. The zero-order chi connectivity index (χ0) is 11.6. The lowest BCUT2D eigenvalue weighted by Gasteiger charge is -2.26. The highest BCUT2D eigenvalue weighted by Gasteiger charge is 2.21. The molecule has 92 valence electrons. The van der Waals surface area contributed by atoms with Gasteiger partial charge in [-0.15, -0.1) is 0 Å². The predicted octanol–water partition coefficient (Wildman–Crippen LogP) is 2.72. The minimum absolute atomic E-state index is 0.325. The first kappa shape index (κ1) is 14.9. The summed E-state index contributed by atoms with van der Waals surface area (Å²) in [6.07, 6.45) is 7.84. The molecular weight excluding hydrogens is 192 g/mol. The molecule has 15 heavy (non-hydrogen) atoms. The smallest absolute Gasteiger partial charge is 0.164 e. The van der Waals surface area contributed by atoms with Gasteiger partial charge in [0, 0.05) is 27.2 Å². The van der Waals surface area contributed by atoms with E-state index in [1.54, 1.807) is 14.2 Å². The van der Waals surface area contributed by atoms with Crippen molar-refractivity contribution in [3.8, 4) is 0 Å². The Morgan fingerprint density at radius 1 is 0.867 bits per heavy atom. The molecule has 0 unspecified atom stereocenters. The molecule has 0 aliphatic heterocycles. The fraction of sp³-hybridized carbons (Fsp3) is 1.00. The van der Waals surface area contributed by atoms with Crippen molar-refractivity contribution in [2.45, 2.75) is 57.7 Å². The average Bonchev–Trinajstić information content (AvgIpc) is 2.27. The summed E-state index contributed by atoms with van der Waals surface area (Å²) >= 11 is 0. The minimum atomic E-state index is -0.412. The second-order valence-electron chi connectivity index (χ2n) is 4.14. The van der Waals surface area contributed by atoms with Gasteiger partial charge in [0.1, 0.15) is 0 Å². The fourth-order valence-electron chi connectivity index (χ4n) is 1.55. The highest BCUT2D eigenvalue weighted by Crippen LogP contribution is 2.19. The van der Waals surface area contributed by atoms with E-state index < -0.39 is 5.79 Å². The Morgan fingerprint density at radius 3 is 1.80 bits per heavy atom. The molecule has 0 aromatic rings. The Labute approximate surface area is 93.8 Å². The maximum atomic E-state index is 8.61. The number of aliphatic hydroxyl groups is 1. The number of rotatable bonds is 10. The van der Waals surface area contributed by atoms with E-state index in [-0.39, 0.29) is 0 Å². The van der Waals surface area contributed by atoms with E-state index in [0.717, 1.165) is 25.7 Å². The predicted molar refractivity (Wildman–Crippen MR) is 61.8 cm³/mol. The molecule has 0 aliphatic carbocycles. The van der Waals surface area contributed by atoms with E-state index in [9.17, 15) is 0 Å². The van der Waals surface area contributed by atoms with Crippen LogP contribution in [-0.4, -0.2) is 31.7 Å². The Kier molecular flexibility index (Phi) is 9.06. The van der Waals surface area contributed by atoms with Crippen LogP contribution >= 0.6 is 0 Å². The summed E-state index contributed by atoms with van der Waals surface area (Å²) in [6, 6.07) is 0. The molecule has 0 bridgehead atoms. The van der Waals surface area contributed by atoms with Crippen LogP contribution in [0, 0.1) is 0 Å². The molecule has 3 heteroatoms. The van der Waals surface area contributed by atoms with Crippen molar-refractivity contribution in [1.29, 1.82) is 0 Å². The van der Waals surface area contributed by atoms with Crippen LogP contribution in [0.15, 0.2) is 0 Å². The highest BCUT2D eigenvalue weighted by atomic mass is 16.7. The number of aliphatic hydroxyl groups excluding tert-OH is 1. The first-order valence-electron chi connectivity index (χ1n) is 5.89. The zero-order valence-electron chi connectivity index (χ0n) is 10.4. The van der Waals surface area contributed by atoms with Gasteiger partial charge in [-0.05, 0) is 19.8 Å². The summed E-state index contributed by atoms with van der Waals surface area (Å²) < 4.78 is 10.6. The third-order valence-electron chi connectivity index (χ3n) is 2.90. The quantitative estimate of drug-likeness (QED) is 0.452. The van der Waals surface area contributed by atoms with Crippen LogP contribution in [0.1, 0.15) is 51.9 Å². The second-order valence-corrected chi connectivity index (χ2v) is 4.14. The molecule has 0 atom stereocenters. The molecule has 0 saturated carbocycles. The number of hydrogen-bond acceptors (Lipinski definition) is 3. The van der Waals surface area contributed by atoms with E-state index in [1.165, 1.54) is 19.3 Å². The first-order valence-corrected chi connectivity index (χ1v) is 5.89. The molecule has 0 rings (SSSR count). The van der Waals surface area contributed by atoms with Gasteiger partial charge in [-0.1, -0.05) is 25.7 Å². The molecule has 0 heterocycles. The lowest BCUT2D eigenvalue weighted by Crippen LogP contribution is -2.29. The van der Waals surface area contributed by atoms with Crippen molar-refractivity contribution in [1.82, 2.24) is 0 Å². The lowest BCUT2D eigenvalue weighted by molar-refractivity contribution is -0.197. The van der Waals surface area contributed by atoms with Gasteiger partial charge in [-0.2, -0.15) is 0 Å². The van der Waals surface area contributed by atoms with Gasteiger partial charge in [-0.3, -0.25) is 0 Å². The maximum Gasteiger partial charge on any atom is 0.164 e. The van der Waals surface area contributed by atoms with Gasteiger partial charge in [0.05, 0.1) is 0 Å². The van der Waals surface area contributed by atoms with Crippen molar-refractivity contribution in [2.75, 3.05) is 20.8 Å². The van der Waals surface area contributed by atoms with Crippen molar-refractivity contribution in [3.05, 3.63) is 0 Å². The molecule has 0 saturated heterocycles. The molecule has 0 radical (unpaired) electrons. The van der Waals surface area contributed by atoms with E-state index in [0.29, 0.717) is 6.61 Å². The van der Waals surface area contributed by atoms with Crippen LogP contribution < -0.4 is 0 Å². The fourth-order valence-corrected chi connectivity index (χ4v) is 1.55. The Balaban J connectivity index is 3.29. The van der Waals surface area contributed by atoms with Crippen molar-refractivity contribution in [2.24, 2.45) is 0 Å². The molecule has 0 spiro atoms. The van der Waals surface area contributed by atoms with Gasteiger partial charge in [-0.25, -0.2) is 0 Å². The number of ether oxygens (including phenoxy) is 2. The van der Waals surface area contributed by atoms with Crippen LogP contribution in [0.2, 0.25) is 0 Å². The van der Waals surface area contributed by atoms with Gasteiger partial charge < -0.3 is 14.6 Å². The van der Waals surface area contributed by atoms with Crippen LogP contribution in [0.25, 0.3) is 0 Å². The molecule has 0 aromatic carbocycles. The monoisotopic (exact) mass is 218 g/mol. The summed E-state index contributed by atoms with van der Waals surface area (Å²) in [6.45, 7) is 2.30. The minimum Gasteiger partial charge on any atom is -0.396 e. The Bertz CT molecular complexity index is 133. The van der Waals surface area contributed by atoms with E-state index in [2.05, 4.69) is 0 Å². The maximum absolute atomic E-state index is 8.61. The van der Waals surface area contributed by atoms with Crippen molar-refractivity contribution in [3.63, 3.8) is 0 Å². The largest absolute Gasteiger partial charge is 0.396 e. The molecule has 0 amide bonds. The number of hydrogen-bond donors (Lipinski definition) is 1. The molecule has 0 fully saturated rings. The van der Waals surface area contributed by atoms with Crippen LogP contribution in [0.5, 0.6) is 0 Å². The molecule has 3 nitrogen and oxygen atoms in total. The Hall–Kier alpha value is -0.120. The third kappa shape index (κ3) is 7.77. The van der Waals surface area contributed by atoms with E-state index >= 15 is 0 Å². The highest BCUT2D eigenvalue weighted by molar-refractivity contribution is 4.61. The topological polar surface area (TPSA) is 38.7 Å². The molecular formula is C12H26O3. The average molecular weight is 218 g/mol. The number of unbranched alkanes of at least 4 members (excludes halogenated alkanes) is 5.